The molecular weight excluding hydrogens is 427 g/mol. The number of ether oxygens (including phenoxy) is 1. The summed E-state index contributed by atoms with van der Waals surface area (Å²) in [5.41, 5.74) is 0.923. The molecule has 1 unspecified atom stereocenters. The first-order valence-corrected chi connectivity index (χ1v) is 11.4. The number of fused-ring (bicyclic) bond motifs is 1. The number of amides is 1. The van der Waals surface area contributed by atoms with Gasteiger partial charge in [0.05, 0.1) is 19.5 Å². The Bertz CT molecular complexity index is 1130. The van der Waals surface area contributed by atoms with Crippen molar-refractivity contribution in [3.8, 4) is 17.1 Å². The third kappa shape index (κ3) is 4.58. The molecule has 2 fully saturated rings. The normalized spacial score (nSPS) is 18.2. The maximum absolute atomic E-state index is 14.7. The van der Waals surface area contributed by atoms with E-state index < -0.39 is 5.82 Å². The number of hydrogen-bond donors (Lipinski definition) is 2. The highest BCUT2D eigenvalue weighted by atomic mass is 19.1. The maximum Gasteiger partial charge on any atom is 0.228 e. The van der Waals surface area contributed by atoms with Crippen molar-refractivity contribution in [1.82, 2.24) is 29.9 Å². The number of anilines is 2. The van der Waals surface area contributed by atoms with Crippen LogP contribution in [0.15, 0.2) is 18.5 Å². The Morgan fingerprint density at radius 3 is 2.79 bits per heavy atom. The van der Waals surface area contributed by atoms with Crippen LogP contribution in [0.25, 0.3) is 17.0 Å². The minimum atomic E-state index is -0.578. The monoisotopic (exact) mass is 456 g/mol. The fourth-order valence-electron chi connectivity index (χ4n) is 4.03. The second kappa shape index (κ2) is 10.1. The Hall–Kier alpha value is -3.34. The van der Waals surface area contributed by atoms with Gasteiger partial charge in [-0.15, -0.1) is 5.10 Å². The number of piperidine rings is 1. The summed E-state index contributed by atoms with van der Waals surface area (Å²) in [5, 5.41) is 11.2. The molecule has 11 heteroatoms. The summed E-state index contributed by atoms with van der Waals surface area (Å²) >= 11 is 0. The molecular formula is C22H29FN8O2. The summed E-state index contributed by atoms with van der Waals surface area (Å²) in [6, 6.07) is 1.87. The standard InChI is InChI=1S/C20H23FN8O2.C2H6/c1-31-15-8-16-23-11-14(29(16)27-19(15)28-7-3-5-17(28)30)18-13(21)10-24-20(26-18)25-12-4-2-6-22-9-12;1-2/h8,10-12,22H,2-7,9H2,1H3,(H,24,25,26);1-2H3. The van der Waals surface area contributed by atoms with Crippen LogP contribution in [0.5, 0.6) is 5.75 Å². The van der Waals surface area contributed by atoms with Crippen molar-refractivity contribution in [2.75, 3.05) is 37.0 Å². The second-order valence-electron chi connectivity index (χ2n) is 7.68. The average molecular weight is 457 g/mol. The average Bonchev–Trinajstić information content (AvgIpc) is 3.47. The van der Waals surface area contributed by atoms with E-state index in [0.717, 1.165) is 38.5 Å². The van der Waals surface area contributed by atoms with Crippen LogP contribution in [-0.2, 0) is 4.79 Å². The Morgan fingerprint density at radius 1 is 1.24 bits per heavy atom. The highest BCUT2D eigenvalue weighted by molar-refractivity contribution is 5.95. The van der Waals surface area contributed by atoms with Gasteiger partial charge in [-0.25, -0.2) is 23.9 Å². The Balaban J connectivity index is 0.00000126. The molecule has 5 rings (SSSR count). The third-order valence-corrected chi connectivity index (χ3v) is 5.61. The zero-order valence-corrected chi connectivity index (χ0v) is 19.1. The number of nitrogens with one attached hydrogen (secondary N) is 2. The molecule has 0 aromatic carbocycles. The van der Waals surface area contributed by atoms with Crippen LogP contribution in [-0.4, -0.2) is 63.3 Å². The van der Waals surface area contributed by atoms with E-state index in [1.165, 1.54) is 17.8 Å². The zero-order chi connectivity index (χ0) is 23.4. The quantitative estimate of drug-likeness (QED) is 0.603. The van der Waals surface area contributed by atoms with Gasteiger partial charge in [0.2, 0.25) is 11.9 Å². The summed E-state index contributed by atoms with van der Waals surface area (Å²) in [6.45, 7) is 6.36. The van der Waals surface area contributed by atoms with E-state index in [9.17, 15) is 9.18 Å². The molecule has 2 N–H and O–H groups in total. The molecule has 5 heterocycles. The smallest absolute Gasteiger partial charge is 0.228 e. The van der Waals surface area contributed by atoms with Gasteiger partial charge in [0.1, 0.15) is 11.4 Å². The molecule has 2 saturated heterocycles. The number of methoxy groups -OCH3 is 1. The van der Waals surface area contributed by atoms with Crippen molar-refractivity contribution in [3.63, 3.8) is 0 Å². The molecule has 10 nitrogen and oxygen atoms in total. The fourth-order valence-corrected chi connectivity index (χ4v) is 4.03. The van der Waals surface area contributed by atoms with Crippen LogP contribution in [0.2, 0.25) is 0 Å². The SMILES string of the molecule is CC.COc1cc2ncc(-c3nc(NC4CCCNC4)ncc3F)n2nc1N1CCCC1=O. The van der Waals surface area contributed by atoms with Crippen molar-refractivity contribution in [2.45, 2.75) is 45.6 Å². The lowest BCUT2D eigenvalue weighted by Gasteiger charge is -2.23. The molecule has 1 atom stereocenters. The molecule has 176 valence electrons. The van der Waals surface area contributed by atoms with E-state index in [4.69, 9.17) is 4.74 Å². The van der Waals surface area contributed by atoms with Gasteiger partial charge >= 0.3 is 0 Å². The van der Waals surface area contributed by atoms with Crippen molar-refractivity contribution < 1.29 is 13.9 Å². The summed E-state index contributed by atoms with van der Waals surface area (Å²) < 4.78 is 21.6. The van der Waals surface area contributed by atoms with Crippen LogP contribution in [0.1, 0.15) is 39.5 Å². The molecule has 0 spiro atoms. The van der Waals surface area contributed by atoms with E-state index in [2.05, 4.69) is 30.7 Å². The molecule has 2 aliphatic heterocycles. The number of carbonyl (C=O) groups excluding carboxylic acids is 1. The first-order valence-electron chi connectivity index (χ1n) is 11.4. The maximum atomic E-state index is 14.7. The van der Waals surface area contributed by atoms with Crippen LogP contribution in [0.4, 0.5) is 16.2 Å². The van der Waals surface area contributed by atoms with Crippen molar-refractivity contribution in [1.29, 1.82) is 0 Å². The fraction of sp³-hybridized carbons (Fsp3) is 0.500. The predicted molar refractivity (Wildman–Crippen MR) is 123 cm³/mol. The van der Waals surface area contributed by atoms with Gasteiger partial charge in [-0.05, 0) is 25.8 Å². The summed E-state index contributed by atoms with van der Waals surface area (Å²) in [5.74, 6) is 0.578. The van der Waals surface area contributed by atoms with Crippen LogP contribution in [0.3, 0.4) is 0 Å². The molecule has 3 aromatic rings. The van der Waals surface area contributed by atoms with E-state index in [1.54, 1.807) is 11.0 Å². The van der Waals surface area contributed by atoms with E-state index in [0.29, 0.717) is 41.8 Å². The lowest BCUT2D eigenvalue weighted by atomic mass is 10.1. The molecule has 2 aliphatic rings. The number of carbonyl (C=O) groups is 1. The van der Waals surface area contributed by atoms with Crippen LogP contribution in [0, 0.1) is 5.82 Å². The Labute approximate surface area is 191 Å². The molecule has 0 bridgehead atoms. The molecule has 0 aliphatic carbocycles. The summed E-state index contributed by atoms with van der Waals surface area (Å²) in [4.78, 5) is 26.7. The Morgan fingerprint density at radius 2 is 2.09 bits per heavy atom. The van der Waals surface area contributed by atoms with Gasteiger partial charge in [-0.2, -0.15) is 0 Å². The van der Waals surface area contributed by atoms with E-state index >= 15 is 0 Å². The van der Waals surface area contributed by atoms with Gasteiger partial charge in [-0.1, -0.05) is 13.8 Å². The highest BCUT2D eigenvalue weighted by Gasteiger charge is 2.28. The molecule has 0 radical (unpaired) electrons. The van der Waals surface area contributed by atoms with Gasteiger partial charge in [0.15, 0.2) is 23.0 Å². The lowest BCUT2D eigenvalue weighted by molar-refractivity contribution is -0.117. The minimum absolute atomic E-state index is 0.0207. The number of imidazole rings is 1. The van der Waals surface area contributed by atoms with Crippen LogP contribution >= 0.6 is 0 Å². The first-order chi connectivity index (χ1) is 16.1. The highest BCUT2D eigenvalue weighted by Crippen LogP contribution is 2.32. The number of hydrogen-bond acceptors (Lipinski definition) is 8. The van der Waals surface area contributed by atoms with Gasteiger partial charge < -0.3 is 15.4 Å². The topological polar surface area (TPSA) is 110 Å². The number of aromatic nitrogens is 5. The van der Waals surface area contributed by atoms with Crippen molar-refractivity contribution in [3.05, 3.63) is 24.3 Å². The summed E-state index contributed by atoms with van der Waals surface area (Å²) in [7, 11) is 1.52. The van der Waals surface area contributed by atoms with Gasteiger partial charge in [0, 0.05) is 31.6 Å². The molecule has 0 saturated carbocycles. The van der Waals surface area contributed by atoms with Crippen molar-refractivity contribution in [2.24, 2.45) is 0 Å². The number of rotatable bonds is 5. The number of nitrogens with zero attached hydrogens (tertiary/aromatic N) is 6. The third-order valence-electron chi connectivity index (χ3n) is 5.61. The first kappa shape index (κ1) is 22.8. The summed E-state index contributed by atoms with van der Waals surface area (Å²) in [6.07, 6.45) is 5.93. The number of halogens is 1. The van der Waals surface area contributed by atoms with Crippen LogP contribution < -0.4 is 20.3 Å². The predicted octanol–water partition coefficient (Wildman–Crippen LogP) is 2.65. The zero-order valence-electron chi connectivity index (χ0n) is 19.1. The van der Waals surface area contributed by atoms with Gasteiger partial charge in [0.25, 0.3) is 0 Å². The van der Waals surface area contributed by atoms with Gasteiger partial charge in [-0.3, -0.25) is 9.69 Å². The van der Waals surface area contributed by atoms with E-state index in [-0.39, 0.29) is 17.6 Å². The molecule has 33 heavy (non-hydrogen) atoms. The molecule has 3 aromatic heterocycles. The van der Waals surface area contributed by atoms with E-state index in [1.807, 2.05) is 13.8 Å². The minimum Gasteiger partial charge on any atom is -0.493 e. The Kier molecular flexibility index (Phi) is 6.97. The molecule has 1 amide bonds. The second-order valence-corrected chi connectivity index (χ2v) is 7.68. The lowest BCUT2D eigenvalue weighted by Crippen LogP contribution is -2.38. The van der Waals surface area contributed by atoms with Crippen molar-refractivity contribution >= 4 is 23.3 Å². The largest absolute Gasteiger partial charge is 0.493 e.